The predicted molar refractivity (Wildman–Crippen MR) is 80.7 cm³/mol. The highest BCUT2D eigenvalue weighted by Gasteiger charge is 2.89. The van der Waals surface area contributed by atoms with E-state index < -0.39 is 84.9 Å². The standard InChI is InChI=1S/C16H13F19O2/c1-6(2)7(36)37-4-3-8(17,18)11(23,24)14(29,30)12(25,26)9(19,20)5-10(21,22)13(27,28)15(31,32)16(33,34)35/h6H,3-5H2,1-2H3. The summed E-state index contributed by atoms with van der Waals surface area (Å²) in [4.78, 5) is 11.0. The average molecular weight is 598 g/mol. The summed E-state index contributed by atoms with van der Waals surface area (Å²) in [5.74, 6) is -64.5. The summed E-state index contributed by atoms with van der Waals surface area (Å²) >= 11 is 0. The van der Waals surface area contributed by atoms with Crippen molar-refractivity contribution < 1.29 is 92.9 Å². The van der Waals surface area contributed by atoms with Gasteiger partial charge in [0, 0.05) is 0 Å². The van der Waals surface area contributed by atoms with E-state index in [0.29, 0.717) is 0 Å². The van der Waals surface area contributed by atoms with Crippen molar-refractivity contribution in [2.75, 3.05) is 6.61 Å². The van der Waals surface area contributed by atoms with Crippen LogP contribution in [-0.4, -0.2) is 66.1 Å². The van der Waals surface area contributed by atoms with E-state index in [4.69, 9.17) is 0 Å². The van der Waals surface area contributed by atoms with Crippen LogP contribution < -0.4 is 0 Å². The summed E-state index contributed by atoms with van der Waals surface area (Å²) in [6, 6.07) is 0. The van der Waals surface area contributed by atoms with Crippen molar-refractivity contribution in [2.24, 2.45) is 5.92 Å². The van der Waals surface area contributed by atoms with Gasteiger partial charge >= 0.3 is 59.5 Å². The third-order valence-corrected chi connectivity index (χ3v) is 4.49. The highest BCUT2D eigenvalue weighted by atomic mass is 19.4. The zero-order valence-electron chi connectivity index (χ0n) is 17.7. The van der Waals surface area contributed by atoms with Crippen LogP contribution in [0, 0.1) is 5.92 Å². The molecule has 37 heavy (non-hydrogen) atoms. The molecule has 0 aliphatic rings. The van der Waals surface area contributed by atoms with Gasteiger partial charge in [-0.25, -0.2) is 0 Å². The van der Waals surface area contributed by atoms with Gasteiger partial charge in [-0.1, -0.05) is 13.8 Å². The Labute approximate surface area is 193 Å². The van der Waals surface area contributed by atoms with Gasteiger partial charge in [-0.2, -0.15) is 83.4 Å². The number of halogens is 19. The minimum Gasteiger partial charge on any atom is -0.465 e. The van der Waals surface area contributed by atoms with Gasteiger partial charge in [0.1, 0.15) is 0 Å². The van der Waals surface area contributed by atoms with Crippen LogP contribution in [0.1, 0.15) is 26.7 Å². The van der Waals surface area contributed by atoms with E-state index >= 15 is 0 Å². The van der Waals surface area contributed by atoms with Crippen molar-refractivity contribution in [3.63, 3.8) is 0 Å². The summed E-state index contributed by atoms with van der Waals surface area (Å²) < 4.78 is 254. The number of hydrogen-bond acceptors (Lipinski definition) is 2. The fourth-order valence-electron chi connectivity index (χ4n) is 2.17. The van der Waals surface area contributed by atoms with Crippen LogP contribution in [0.3, 0.4) is 0 Å². The fraction of sp³-hybridized carbons (Fsp3) is 0.938. The molecule has 2 nitrogen and oxygen atoms in total. The first-order chi connectivity index (χ1) is 15.8. The van der Waals surface area contributed by atoms with Crippen molar-refractivity contribution in [3.8, 4) is 0 Å². The van der Waals surface area contributed by atoms with Gasteiger partial charge in [-0.05, 0) is 0 Å². The average Bonchev–Trinajstić information content (AvgIpc) is 2.64. The van der Waals surface area contributed by atoms with Crippen LogP contribution in [0.5, 0.6) is 0 Å². The summed E-state index contributed by atoms with van der Waals surface area (Å²) in [6.07, 6.45) is -15.5. The second-order valence-corrected chi connectivity index (χ2v) is 7.73. The summed E-state index contributed by atoms with van der Waals surface area (Å²) in [7, 11) is 0. The van der Waals surface area contributed by atoms with Gasteiger partial charge in [0.2, 0.25) is 0 Å². The molecule has 222 valence electrons. The molecule has 0 radical (unpaired) electrons. The van der Waals surface area contributed by atoms with Crippen LogP contribution in [0.25, 0.3) is 0 Å². The van der Waals surface area contributed by atoms with Gasteiger partial charge in [0.25, 0.3) is 0 Å². The molecule has 0 atom stereocenters. The molecule has 0 aromatic rings. The van der Waals surface area contributed by atoms with E-state index in [2.05, 4.69) is 4.74 Å². The number of rotatable bonds is 12. The van der Waals surface area contributed by atoms with Crippen molar-refractivity contribution in [3.05, 3.63) is 0 Å². The van der Waals surface area contributed by atoms with Crippen molar-refractivity contribution in [1.82, 2.24) is 0 Å². The molecule has 0 aromatic heterocycles. The van der Waals surface area contributed by atoms with Gasteiger partial charge in [-0.3, -0.25) is 4.79 Å². The molecule has 21 heteroatoms. The molecule has 0 saturated heterocycles. The van der Waals surface area contributed by atoms with E-state index in [0.717, 1.165) is 13.8 Å². The van der Waals surface area contributed by atoms with E-state index in [1.54, 1.807) is 0 Å². The largest absolute Gasteiger partial charge is 0.465 e. The maximum atomic E-state index is 13.7. The SMILES string of the molecule is CC(C)C(=O)OCCC(F)(F)C(F)(F)C(F)(F)C(F)(F)C(F)(F)CC(F)(F)C(F)(F)C(F)(F)C(F)(F)F. The molecular weight excluding hydrogens is 585 g/mol. The quantitative estimate of drug-likeness (QED) is 0.171. The molecule has 0 heterocycles. The lowest BCUT2D eigenvalue weighted by Gasteiger charge is -2.41. The smallest absolute Gasteiger partial charge is 0.460 e. The van der Waals surface area contributed by atoms with Crippen LogP contribution in [0.4, 0.5) is 83.4 Å². The normalized spacial score (nSPS) is 15.8. The third kappa shape index (κ3) is 5.78. The molecule has 0 saturated carbocycles. The van der Waals surface area contributed by atoms with Gasteiger partial charge < -0.3 is 4.74 Å². The third-order valence-electron chi connectivity index (χ3n) is 4.49. The Morgan fingerprint density at radius 2 is 0.865 bits per heavy atom. The molecule has 0 fully saturated rings. The molecule has 0 N–H and O–H groups in total. The van der Waals surface area contributed by atoms with Crippen LogP contribution >= 0.6 is 0 Å². The Bertz CT molecular complexity index is 811. The van der Waals surface area contributed by atoms with Crippen LogP contribution in [-0.2, 0) is 9.53 Å². The minimum absolute atomic E-state index is 1.04. The lowest BCUT2D eigenvalue weighted by molar-refractivity contribution is -0.424. The predicted octanol–water partition coefficient (Wildman–Crippen LogP) is 7.61. The molecule has 0 spiro atoms. The number of hydrogen-bond donors (Lipinski definition) is 0. The summed E-state index contributed by atoms with van der Waals surface area (Å²) in [6.45, 7) is 0.153. The Hall–Kier alpha value is -1.86. The topological polar surface area (TPSA) is 26.3 Å². The highest BCUT2D eigenvalue weighted by Crippen LogP contribution is 2.61. The Kier molecular flexibility index (Phi) is 9.22. The van der Waals surface area contributed by atoms with Gasteiger partial charge in [-0.15, -0.1) is 0 Å². The first kappa shape index (κ1) is 35.1. The van der Waals surface area contributed by atoms with Gasteiger partial charge in [0.15, 0.2) is 0 Å². The number of ether oxygens (including phenoxy) is 1. The maximum Gasteiger partial charge on any atom is 0.460 e. The van der Waals surface area contributed by atoms with E-state index in [-0.39, 0.29) is 0 Å². The lowest BCUT2D eigenvalue weighted by Crippen LogP contribution is -2.69. The molecular formula is C16H13F19O2. The number of carbonyl (C=O) groups excluding carboxylic acids is 1. The van der Waals surface area contributed by atoms with Crippen molar-refractivity contribution >= 4 is 5.97 Å². The second kappa shape index (κ2) is 9.71. The first-order valence-electron chi connectivity index (χ1n) is 9.04. The van der Waals surface area contributed by atoms with E-state index in [1.165, 1.54) is 0 Å². The van der Waals surface area contributed by atoms with Crippen molar-refractivity contribution in [2.45, 2.75) is 80.2 Å². The Morgan fingerprint density at radius 1 is 0.541 bits per heavy atom. The molecule has 0 rings (SSSR count). The summed E-state index contributed by atoms with van der Waals surface area (Å²) in [5, 5.41) is 0. The first-order valence-corrected chi connectivity index (χ1v) is 9.04. The van der Waals surface area contributed by atoms with Crippen LogP contribution in [0.2, 0.25) is 0 Å². The Balaban J connectivity index is 6.30. The minimum atomic E-state index is -8.20. The van der Waals surface area contributed by atoms with Gasteiger partial charge in [0.05, 0.1) is 25.4 Å². The van der Waals surface area contributed by atoms with E-state index in [1.807, 2.05) is 0 Å². The molecule has 0 aliphatic carbocycles. The molecule has 0 unspecified atom stereocenters. The maximum absolute atomic E-state index is 13.7. The second-order valence-electron chi connectivity index (χ2n) is 7.73. The fourth-order valence-corrected chi connectivity index (χ4v) is 2.17. The Morgan fingerprint density at radius 3 is 1.19 bits per heavy atom. The monoisotopic (exact) mass is 598 g/mol. The molecule has 0 amide bonds. The lowest BCUT2D eigenvalue weighted by atomic mass is 9.88. The van der Waals surface area contributed by atoms with Crippen LogP contribution in [0.15, 0.2) is 0 Å². The number of alkyl halides is 19. The van der Waals surface area contributed by atoms with E-state index in [9.17, 15) is 88.2 Å². The number of esters is 1. The molecule has 0 bridgehead atoms. The highest BCUT2D eigenvalue weighted by molar-refractivity contribution is 5.71. The number of carbonyl (C=O) groups is 1. The summed E-state index contributed by atoms with van der Waals surface area (Å²) in [5.41, 5.74) is 0. The van der Waals surface area contributed by atoms with Crippen molar-refractivity contribution in [1.29, 1.82) is 0 Å². The zero-order chi connectivity index (χ0) is 30.5. The zero-order valence-corrected chi connectivity index (χ0v) is 17.7. The molecule has 0 aromatic carbocycles. The molecule has 0 aliphatic heterocycles.